The van der Waals surface area contributed by atoms with Gasteiger partial charge in [-0.05, 0) is 31.2 Å². The maximum atomic E-state index is 12.9. The smallest absolute Gasteiger partial charge is 0.338 e. The molecule has 150 valence electrons. The van der Waals surface area contributed by atoms with Crippen molar-refractivity contribution in [1.29, 1.82) is 0 Å². The van der Waals surface area contributed by atoms with Crippen LogP contribution in [0.25, 0.3) is 0 Å². The van der Waals surface area contributed by atoms with Crippen LogP contribution in [-0.4, -0.2) is 69.1 Å². The highest BCUT2D eigenvalue weighted by Gasteiger charge is 2.47. The van der Waals surface area contributed by atoms with Crippen LogP contribution in [0.3, 0.4) is 0 Å². The molecule has 2 aliphatic rings. The van der Waals surface area contributed by atoms with Crippen LogP contribution in [-0.2, 0) is 19.1 Å². The number of imide groups is 1. The van der Waals surface area contributed by atoms with Crippen LogP contribution in [0.2, 0.25) is 0 Å². The molecule has 4 N–H and O–H groups in total. The molecule has 1 atom stereocenters. The summed E-state index contributed by atoms with van der Waals surface area (Å²) in [4.78, 5) is 51.6. The van der Waals surface area contributed by atoms with E-state index in [1.54, 1.807) is 31.2 Å². The highest BCUT2D eigenvalue weighted by molar-refractivity contribution is 6.21. The summed E-state index contributed by atoms with van der Waals surface area (Å²) in [5, 5.41) is 0. The molecule has 0 saturated carbocycles. The molecule has 0 bridgehead atoms. The molecule has 3 rings (SSSR count). The number of hydrogen-bond donors (Lipinski definition) is 3. The summed E-state index contributed by atoms with van der Waals surface area (Å²) < 4.78 is 4.94. The zero-order valence-electron chi connectivity index (χ0n) is 15.9. The molecule has 0 aliphatic carbocycles. The predicted octanol–water partition coefficient (Wildman–Crippen LogP) is -3.24. The molecular formula is C19H26N4O5+2. The second-order valence-corrected chi connectivity index (χ2v) is 7.14. The maximum Gasteiger partial charge on any atom is 0.338 e. The van der Waals surface area contributed by atoms with Crippen molar-refractivity contribution in [3.63, 3.8) is 0 Å². The number of anilines is 1. The lowest BCUT2D eigenvalue weighted by Gasteiger charge is -2.31. The second-order valence-electron chi connectivity index (χ2n) is 7.14. The molecule has 0 spiro atoms. The average molecular weight is 390 g/mol. The zero-order valence-corrected chi connectivity index (χ0v) is 15.9. The lowest BCUT2D eigenvalue weighted by molar-refractivity contribution is -1.02. The Labute approximate surface area is 163 Å². The molecule has 2 saturated heterocycles. The van der Waals surface area contributed by atoms with Gasteiger partial charge in [0.25, 0.3) is 11.8 Å². The van der Waals surface area contributed by atoms with Gasteiger partial charge in [0.05, 0.1) is 24.3 Å². The first-order chi connectivity index (χ1) is 13.4. The highest BCUT2D eigenvalue weighted by atomic mass is 16.5. The number of rotatable bonds is 6. The number of nitrogens with two attached hydrogens (primary N) is 1. The van der Waals surface area contributed by atoms with Crippen LogP contribution in [0.1, 0.15) is 23.7 Å². The number of quaternary nitrogens is 2. The van der Waals surface area contributed by atoms with Crippen LogP contribution in [0.4, 0.5) is 5.69 Å². The van der Waals surface area contributed by atoms with E-state index in [1.165, 1.54) is 4.90 Å². The van der Waals surface area contributed by atoms with Gasteiger partial charge in [0.1, 0.15) is 26.2 Å². The summed E-state index contributed by atoms with van der Waals surface area (Å²) in [6.07, 6.45) is 0.166. The minimum atomic E-state index is -0.438. The Balaban J connectivity index is 1.65. The zero-order chi connectivity index (χ0) is 20.3. The third kappa shape index (κ3) is 4.20. The first-order valence-corrected chi connectivity index (χ1v) is 9.51. The third-order valence-corrected chi connectivity index (χ3v) is 5.30. The van der Waals surface area contributed by atoms with Gasteiger partial charge >= 0.3 is 5.97 Å². The van der Waals surface area contributed by atoms with Gasteiger partial charge in [-0.25, -0.2) is 9.69 Å². The Hall–Kier alpha value is -2.78. The monoisotopic (exact) mass is 390 g/mol. The largest absolute Gasteiger partial charge is 0.462 e. The summed E-state index contributed by atoms with van der Waals surface area (Å²) in [7, 11) is 0. The number of primary amides is 1. The summed E-state index contributed by atoms with van der Waals surface area (Å²) in [6.45, 7) is 5.21. The Kier molecular flexibility index (Phi) is 6.05. The van der Waals surface area contributed by atoms with E-state index in [0.29, 0.717) is 30.9 Å². The molecule has 2 heterocycles. The number of esters is 1. The Morgan fingerprint density at radius 3 is 2.36 bits per heavy atom. The van der Waals surface area contributed by atoms with Crippen molar-refractivity contribution in [1.82, 2.24) is 0 Å². The number of carbonyl (C=O) groups is 4. The van der Waals surface area contributed by atoms with Gasteiger partial charge in [-0.2, -0.15) is 0 Å². The molecule has 0 radical (unpaired) electrons. The van der Waals surface area contributed by atoms with Crippen LogP contribution in [0.15, 0.2) is 24.3 Å². The quantitative estimate of drug-likeness (QED) is 0.349. The molecule has 3 amide bonds. The number of nitrogens with one attached hydrogen (secondary N) is 2. The standard InChI is InChI=1S/C19H24N4O5/c1-2-28-19(27)13-3-5-14(6-4-13)23-17(25)11-15(18(23)26)22-9-7-21(8-10-22)12-16(20)24/h3-6,15H,2,7-12H2,1H3,(H2,20,24)/p+2/t15-/m1/s1. The van der Waals surface area contributed by atoms with Gasteiger partial charge in [-0.3, -0.25) is 14.4 Å². The SMILES string of the molecule is CCOC(=O)c1ccc(N2C(=O)C[C@@H]([NH+]3CC[NH+](CC(N)=O)CC3)C2=O)cc1. The fourth-order valence-electron chi connectivity index (χ4n) is 3.88. The summed E-state index contributed by atoms with van der Waals surface area (Å²) in [6, 6.07) is 5.89. The van der Waals surface area contributed by atoms with Gasteiger partial charge in [-0.15, -0.1) is 0 Å². The molecule has 2 fully saturated rings. The Bertz CT molecular complexity index is 771. The van der Waals surface area contributed by atoms with E-state index in [4.69, 9.17) is 10.5 Å². The number of piperazine rings is 1. The lowest BCUT2D eigenvalue weighted by atomic mass is 10.1. The number of nitrogens with zero attached hydrogens (tertiary/aromatic N) is 1. The number of hydrogen-bond acceptors (Lipinski definition) is 5. The van der Waals surface area contributed by atoms with Crippen molar-refractivity contribution in [2.75, 3.05) is 44.2 Å². The van der Waals surface area contributed by atoms with Crippen molar-refractivity contribution in [3.8, 4) is 0 Å². The van der Waals surface area contributed by atoms with E-state index in [1.807, 2.05) is 0 Å². The van der Waals surface area contributed by atoms with Crippen LogP contribution < -0.4 is 20.4 Å². The second kappa shape index (κ2) is 8.49. The minimum Gasteiger partial charge on any atom is -0.462 e. The van der Waals surface area contributed by atoms with Crippen molar-refractivity contribution in [3.05, 3.63) is 29.8 Å². The first kappa shape index (κ1) is 20.0. The number of ether oxygens (including phenoxy) is 1. The molecular weight excluding hydrogens is 364 g/mol. The molecule has 28 heavy (non-hydrogen) atoms. The van der Waals surface area contributed by atoms with E-state index in [2.05, 4.69) is 0 Å². The van der Waals surface area contributed by atoms with Crippen molar-refractivity contribution in [2.24, 2.45) is 5.73 Å². The van der Waals surface area contributed by atoms with E-state index in [0.717, 1.165) is 22.9 Å². The molecule has 0 aromatic heterocycles. The number of carbonyl (C=O) groups excluding carboxylic acids is 4. The van der Waals surface area contributed by atoms with E-state index < -0.39 is 12.0 Å². The van der Waals surface area contributed by atoms with Gasteiger partial charge in [-0.1, -0.05) is 0 Å². The minimum absolute atomic E-state index is 0.166. The number of benzene rings is 1. The fourth-order valence-corrected chi connectivity index (χ4v) is 3.88. The third-order valence-electron chi connectivity index (χ3n) is 5.30. The molecule has 2 aliphatic heterocycles. The topological polar surface area (TPSA) is 116 Å². The first-order valence-electron chi connectivity index (χ1n) is 9.51. The average Bonchev–Trinajstić information content (AvgIpc) is 2.96. The van der Waals surface area contributed by atoms with E-state index in [-0.39, 0.29) is 30.7 Å². The van der Waals surface area contributed by atoms with Crippen LogP contribution in [0, 0.1) is 0 Å². The maximum absolute atomic E-state index is 12.9. The molecule has 1 aromatic rings. The van der Waals surface area contributed by atoms with Crippen LogP contribution >= 0.6 is 0 Å². The Morgan fingerprint density at radius 1 is 1.14 bits per heavy atom. The predicted molar refractivity (Wildman–Crippen MR) is 98.8 cm³/mol. The van der Waals surface area contributed by atoms with Crippen molar-refractivity contribution in [2.45, 2.75) is 19.4 Å². The van der Waals surface area contributed by atoms with Gasteiger partial charge < -0.3 is 20.3 Å². The summed E-state index contributed by atoms with van der Waals surface area (Å²) >= 11 is 0. The van der Waals surface area contributed by atoms with Crippen molar-refractivity contribution < 1.29 is 33.7 Å². The van der Waals surface area contributed by atoms with Gasteiger partial charge in [0.2, 0.25) is 5.91 Å². The summed E-state index contributed by atoms with van der Waals surface area (Å²) in [5.74, 6) is -1.23. The molecule has 9 nitrogen and oxygen atoms in total. The molecule has 1 aromatic carbocycles. The number of amides is 3. The van der Waals surface area contributed by atoms with E-state index >= 15 is 0 Å². The highest BCUT2D eigenvalue weighted by Crippen LogP contribution is 2.22. The van der Waals surface area contributed by atoms with Gasteiger partial charge in [0.15, 0.2) is 12.6 Å². The lowest BCUT2D eigenvalue weighted by Crippen LogP contribution is -3.30. The van der Waals surface area contributed by atoms with Gasteiger partial charge in [0, 0.05) is 0 Å². The normalized spacial score (nSPS) is 25.0. The van der Waals surface area contributed by atoms with E-state index in [9.17, 15) is 19.2 Å². The Morgan fingerprint density at radius 2 is 1.79 bits per heavy atom. The summed E-state index contributed by atoms with van der Waals surface area (Å²) in [5.41, 5.74) is 6.08. The molecule has 0 unspecified atom stereocenters. The fraction of sp³-hybridized carbons (Fsp3) is 0.474. The molecule has 9 heteroatoms. The van der Waals surface area contributed by atoms with Crippen LogP contribution in [0.5, 0.6) is 0 Å². The van der Waals surface area contributed by atoms with Crippen molar-refractivity contribution >= 4 is 29.4 Å².